The molecule has 1 aromatic carbocycles. The fraction of sp³-hybridized carbons (Fsp3) is 0.250. The summed E-state index contributed by atoms with van der Waals surface area (Å²) in [6, 6.07) is 7.28. The van der Waals surface area contributed by atoms with Gasteiger partial charge in [-0.1, -0.05) is 23.7 Å². The van der Waals surface area contributed by atoms with Crippen molar-refractivity contribution in [3.05, 3.63) is 47.0 Å². The van der Waals surface area contributed by atoms with Crippen molar-refractivity contribution in [3.63, 3.8) is 0 Å². The molecule has 2 rings (SSSR count). The number of hydrogen-bond acceptors (Lipinski definition) is 3. The summed E-state index contributed by atoms with van der Waals surface area (Å²) >= 11 is 5.78. The first-order valence-corrected chi connectivity index (χ1v) is 5.62. The van der Waals surface area contributed by atoms with Gasteiger partial charge in [0.15, 0.2) is 0 Å². The van der Waals surface area contributed by atoms with E-state index >= 15 is 0 Å². The van der Waals surface area contributed by atoms with E-state index in [0.29, 0.717) is 23.7 Å². The van der Waals surface area contributed by atoms with Gasteiger partial charge in [-0.05, 0) is 17.7 Å². The first kappa shape index (κ1) is 11.8. The van der Waals surface area contributed by atoms with Crippen molar-refractivity contribution in [2.45, 2.75) is 12.8 Å². The number of benzene rings is 1. The molecule has 0 saturated heterocycles. The Hall–Kier alpha value is -1.68. The molecule has 1 aromatic heterocycles. The number of carbonyl (C=O) groups excluding carboxylic acids is 1. The minimum Gasteiger partial charge on any atom is -0.299 e. The summed E-state index contributed by atoms with van der Waals surface area (Å²) < 4.78 is 1.61. The molecule has 0 spiro atoms. The largest absolute Gasteiger partial charge is 0.299 e. The quantitative estimate of drug-likeness (QED) is 0.831. The Labute approximate surface area is 104 Å². The van der Waals surface area contributed by atoms with Gasteiger partial charge in [0.25, 0.3) is 0 Å². The molecule has 0 aliphatic carbocycles. The Bertz CT molecular complexity index is 519. The molecule has 0 N–H and O–H groups in total. The first-order valence-electron chi connectivity index (χ1n) is 5.24. The SMILES string of the molecule is Cn1ncnc1CC(=O)Cc1ccc(Cl)cc1. The number of aryl methyl sites for hydroxylation is 1. The molecule has 5 heteroatoms. The number of nitrogens with zero attached hydrogens (tertiary/aromatic N) is 3. The van der Waals surface area contributed by atoms with Crippen molar-refractivity contribution in [1.82, 2.24) is 14.8 Å². The molecule has 0 amide bonds. The van der Waals surface area contributed by atoms with Crippen LogP contribution in [-0.4, -0.2) is 20.5 Å². The minimum atomic E-state index is 0.114. The van der Waals surface area contributed by atoms with E-state index in [9.17, 15) is 4.79 Å². The van der Waals surface area contributed by atoms with Crippen molar-refractivity contribution < 1.29 is 4.79 Å². The van der Waals surface area contributed by atoms with Gasteiger partial charge in [-0.15, -0.1) is 0 Å². The Balaban J connectivity index is 1.98. The summed E-state index contributed by atoms with van der Waals surface area (Å²) in [6.45, 7) is 0. The molecule has 0 fully saturated rings. The second-order valence-corrected chi connectivity index (χ2v) is 4.26. The molecule has 17 heavy (non-hydrogen) atoms. The maximum Gasteiger partial charge on any atom is 0.144 e. The second-order valence-electron chi connectivity index (χ2n) is 3.82. The third-order valence-electron chi connectivity index (χ3n) is 2.47. The highest BCUT2D eigenvalue weighted by molar-refractivity contribution is 6.30. The Morgan fingerprint density at radius 2 is 2.00 bits per heavy atom. The number of Topliss-reactive ketones (excluding diaryl/α,β-unsaturated/α-hetero) is 1. The van der Waals surface area contributed by atoms with Crippen molar-refractivity contribution in [3.8, 4) is 0 Å². The maximum absolute atomic E-state index is 11.8. The van der Waals surface area contributed by atoms with Crippen LogP contribution in [0, 0.1) is 0 Å². The Morgan fingerprint density at radius 1 is 1.29 bits per heavy atom. The summed E-state index contributed by atoms with van der Waals surface area (Å²) in [5.74, 6) is 0.799. The minimum absolute atomic E-state index is 0.114. The lowest BCUT2D eigenvalue weighted by Gasteiger charge is -2.01. The molecule has 0 aliphatic heterocycles. The van der Waals surface area contributed by atoms with Gasteiger partial charge in [-0.3, -0.25) is 9.48 Å². The van der Waals surface area contributed by atoms with Gasteiger partial charge in [0.1, 0.15) is 17.9 Å². The molecule has 0 radical (unpaired) electrons. The van der Waals surface area contributed by atoms with Crippen LogP contribution in [0.3, 0.4) is 0 Å². The van der Waals surface area contributed by atoms with E-state index in [0.717, 1.165) is 5.56 Å². The summed E-state index contributed by atoms with van der Waals surface area (Å²) in [5.41, 5.74) is 0.960. The number of hydrogen-bond donors (Lipinski definition) is 0. The maximum atomic E-state index is 11.8. The molecule has 0 saturated carbocycles. The molecular weight excluding hydrogens is 238 g/mol. The Morgan fingerprint density at radius 3 is 2.59 bits per heavy atom. The highest BCUT2D eigenvalue weighted by atomic mass is 35.5. The van der Waals surface area contributed by atoms with Crippen LogP contribution < -0.4 is 0 Å². The van der Waals surface area contributed by atoms with E-state index in [1.165, 1.54) is 6.33 Å². The van der Waals surface area contributed by atoms with Crippen LogP contribution >= 0.6 is 11.6 Å². The summed E-state index contributed by atoms with van der Waals surface area (Å²) in [5, 5.41) is 4.60. The Kier molecular flexibility index (Phi) is 3.54. The molecule has 0 bridgehead atoms. The monoisotopic (exact) mass is 249 g/mol. The van der Waals surface area contributed by atoms with Crippen molar-refractivity contribution in [2.75, 3.05) is 0 Å². The molecular formula is C12H12ClN3O. The number of ketones is 1. The highest BCUT2D eigenvalue weighted by Crippen LogP contribution is 2.10. The average Bonchev–Trinajstić information content (AvgIpc) is 2.68. The van der Waals surface area contributed by atoms with Crippen LogP contribution in [-0.2, 0) is 24.7 Å². The third kappa shape index (κ3) is 3.14. The lowest BCUT2D eigenvalue weighted by Crippen LogP contribution is -2.11. The number of rotatable bonds is 4. The fourth-order valence-electron chi connectivity index (χ4n) is 1.55. The van der Waals surface area contributed by atoms with Crippen LogP contribution in [0.2, 0.25) is 5.02 Å². The lowest BCUT2D eigenvalue weighted by atomic mass is 10.1. The van der Waals surface area contributed by atoms with E-state index in [1.54, 1.807) is 23.9 Å². The fourth-order valence-corrected chi connectivity index (χ4v) is 1.67. The molecule has 0 unspecified atom stereocenters. The van der Waals surface area contributed by atoms with Gasteiger partial charge in [0.2, 0.25) is 0 Å². The van der Waals surface area contributed by atoms with Gasteiger partial charge in [0.05, 0.1) is 6.42 Å². The van der Waals surface area contributed by atoms with Crippen molar-refractivity contribution >= 4 is 17.4 Å². The average molecular weight is 250 g/mol. The van der Waals surface area contributed by atoms with Crippen LogP contribution in [0.1, 0.15) is 11.4 Å². The summed E-state index contributed by atoms with van der Waals surface area (Å²) in [6.07, 6.45) is 2.15. The van der Waals surface area contributed by atoms with Gasteiger partial charge in [-0.25, -0.2) is 4.98 Å². The van der Waals surface area contributed by atoms with Crippen LogP contribution in [0.25, 0.3) is 0 Å². The highest BCUT2D eigenvalue weighted by Gasteiger charge is 2.09. The lowest BCUT2D eigenvalue weighted by molar-refractivity contribution is -0.117. The normalized spacial score (nSPS) is 10.5. The van der Waals surface area contributed by atoms with E-state index in [2.05, 4.69) is 10.1 Å². The van der Waals surface area contributed by atoms with Gasteiger partial charge < -0.3 is 0 Å². The van der Waals surface area contributed by atoms with Gasteiger partial charge in [0, 0.05) is 18.5 Å². The number of carbonyl (C=O) groups is 1. The van der Waals surface area contributed by atoms with E-state index in [1.807, 2.05) is 12.1 Å². The third-order valence-corrected chi connectivity index (χ3v) is 2.73. The first-order chi connectivity index (χ1) is 8.15. The second kappa shape index (κ2) is 5.10. The molecule has 1 heterocycles. The predicted molar refractivity (Wildman–Crippen MR) is 64.9 cm³/mol. The van der Waals surface area contributed by atoms with Crippen LogP contribution in [0.15, 0.2) is 30.6 Å². The summed E-state index contributed by atoms with van der Waals surface area (Å²) in [4.78, 5) is 15.8. The van der Waals surface area contributed by atoms with Crippen molar-refractivity contribution in [2.24, 2.45) is 7.05 Å². The smallest absolute Gasteiger partial charge is 0.144 e. The topological polar surface area (TPSA) is 47.8 Å². The number of halogens is 1. The van der Waals surface area contributed by atoms with Crippen LogP contribution in [0.4, 0.5) is 0 Å². The van der Waals surface area contributed by atoms with E-state index < -0.39 is 0 Å². The predicted octanol–water partition coefficient (Wildman–Crippen LogP) is 1.82. The summed E-state index contributed by atoms with van der Waals surface area (Å²) in [7, 11) is 1.78. The van der Waals surface area contributed by atoms with Crippen LogP contribution in [0.5, 0.6) is 0 Å². The zero-order valence-electron chi connectivity index (χ0n) is 9.43. The van der Waals surface area contributed by atoms with E-state index in [-0.39, 0.29) is 5.78 Å². The van der Waals surface area contributed by atoms with E-state index in [4.69, 9.17) is 11.6 Å². The standard InChI is InChI=1S/C12H12ClN3O/c1-16-12(14-8-15-16)7-11(17)6-9-2-4-10(13)5-3-9/h2-5,8H,6-7H2,1H3. The van der Waals surface area contributed by atoms with Gasteiger partial charge in [-0.2, -0.15) is 5.10 Å². The molecule has 88 valence electrons. The molecule has 0 atom stereocenters. The zero-order chi connectivity index (χ0) is 12.3. The molecule has 0 aliphatic rings. The molecule has 4 nitrogen and oxygen atoms in total. The van der Waals surface area contributed by atoms with Crippen molar-refractivity contribution in [1.29, 1.82) is 0 Å². The molecule has 2 aromatic rings. The van der Waals surface area contributed by atoms with Gasteiger partial charge >= 0.3 is 0 Å². The zero-order valence-corrected chi connectivity index (χ0v) is 10.2. The number of aromatic nitrogens is 3.